The fourth-order valence-electron chi connectivity index (χ4n) is 2.73. The molecule has 4 nitrogen and oxygen atoms in total. The molecule has 21 heavy (non-hydrogen) atoms. The smallest absolute Gasteiger partial charge is 0.134 e. The minimum atomic E-state index is -0.154. The first kappa shape index (κ1) is 13.9. The van der Waals surface area contributed by atoms with Gasteiger partial charge >= 0.3 is 0 Å². The van der Waals surface area contributed by atoms with E-state index in [0.717, 1.165) is 41.1 Å². The van der Waals surface area contributed by atoms with Gasteiger partial charge in [-0.2, -0.15) is 5.10 Å². The van der Waals surface area contributed by atoms with Crippen molar-refractivity contribution in [1.29, 1.82) is 0 Å². The molecule has 4 heteroatoms. The molecule has 1 aromatic carbocycles. The summed E-state index contributed by atoms with van der Waals surface area (Å²) in [7, 11) is 0. The van der Waals surface area contributed by atoms with E-state index in [4.69, 9.17) is 10.2 Å². The van der Waals surface area contributed by atoms with Crippen molar-refractivity contribution in [3.8, 4) is 0 Å². The van der Waals surface area contributed by atoms with Gasteiger partial charge in [-0.3, -0.25) is 4.68 Å². The molecule has 0 bridgehead atoms. The highest BCUT2D eigenvalue weighted by molar-refractivity contribution is 5.78. The molecule has 0 radical (unpaired) electrons. The molecule has 0 aliphatic heterocycles. The Bertz CT molecular complexity index is 770. The number of rotatable bonds is 4. The zero-order valence-electron chi connectivity index (χ0n) is 12.8. The summed E-state index contributed by atoms with van der Waals surface area (Å²) >= 11 is 0. The van der Waals surface area contributed by atoms with Crippen LogP contribution in [0.5, 0.6) is 0 Å². The lowest BCUT2D eigenvalue weighted by molar-refractivity contribution is 0.482. The summed E-state index contributed by atoms with van der Waals surface area (Å²) in [6, 6.07) is 10.2. The standard InChI is InChI=1S/C17H21N3O/c1-4-20-14(8-12(3)19-20)10-15(18)17-9-13-7-11(2)5-6-16(13)21-17/h5-9,15H,4,10,18H2,1-3H3. The monoisotopic (exact) mass is 283 g/mol. The lowest BCUT2D eigenvalue weighted by Crippen LogP contribution is -2.15. The molecule has 2 aromatic heterocycles. The molecule has 0 aliphatic carbocycles. The minimum absolute atomic E-state index is 0.154. The second kappa shape index (κ2) is 5.37. The number of hydrogen-bond donors (Lipinski definition) is 1. The molecule has 1 atom stereocenters. The normalized spacial score (nSPS) is 13.0. The second-order valence-corrected chi connectivity index (χ2v) is 5.59. The molecule has 0 spiro atoms. The Balaban J connectivity index is 1.87. The number of aryl methyl sites for hydroxylation is 3. The first-order valence-electron chi connectivity index (χ1n) is 7.36. The van der Waals surface area contributed by atoms with Gasteiger partial charge in [0, 0.05) is 24.0 Å². The zero-order valence-corrected chi connectivity index (χ0v) is 12.8. The van der Waals surface area contributed by atoms with Crippen LogP contribution >= 0.6 is 0 Å². The number of fused-ring (bicyclic) bond motifs is 1. The maximum absolute atomic E-state index is 6.33. The Labute approximate surface area is 124 Å². The van der Waals surface area contributed by atoms with Crippen LogP contribution < -0.4 is 5.73 Å². The third-order valence-electron chi connectivity index (χ3n) is 3.77. The van der Waals surface area contributed by atoms with Crippen molar-refractivity contribution in [1.82, 2.24) is 9.78 Å². The van der Waals surface area contributed by atoms with Crippen LogP contribution in [-0.2, 0) is 13.0 Å². The average molecular weight is 283 g/mol. The molecule has 3 rings (SSSR count). The molecule has 0 amide bonds. The van der Waals surface area contributed by atoms with Crippen LogP contribution in [0.3, 0.4) is 0 Å². The Morgan fingerprint density at radius 2 is 2.05 bits per heavy atom. The fraction of sp³-hybridized carbons (Fsp3) is 0.353. The summed E-state index contributed by atoms with van der Waals surface area (Å²) in [5, 5.41) is 5.57. The van der Waals surface area contributed by atoms with Crippen LogP contribution in [0.4, 0.5) is 0 Å². The second-order valence-electron chi connectivity index (χ2n) is 5.59. The van der Waals surface area contributed by atoms with Gasteiger partial charge in [0.1, 0.15) is 11.3 Å². The van der Waals surface area contributed by atoms with Crippen molar-refractivity contribution >= 4 is 11.0 Å². The predicted octanol–water partition coefficient (Wildman–Crippen LogP) is 3.51. The van der Waals surface area contributed by atoms with E-state index in [-0.39, 0.29) is 6.04 Å². The van der Waals surface area contributed by atoms with E-state index in [2.05, 4.69) is 37.1 Å². The van der Waals surface area contributed by atoms with E-state index in [1.165, 1.54) is 5.56 Å². The van der Waals surface area contributed by atoms with Crippen LogP contribution in [0.15, 0.2) is 34.7 Å². The summed E-state index contributed by atoms with van der Waals surface area (Å²) in [6.45, 7) is 7.03. The van der Waals surface area contributed by atoms with Crippen LogP contribution in [0.2, 0.25) is 0 Å². The Morgan fingerprint density at radius 3 is 2.81 bits per heavy atom. The maximum atomic E-state index is 6.33. The van der Waals surface area contributed by atoms with E-state index in [9.17, 15) is 0 Å². The molecule has 110 valence electrons. The van der Waals surface area contributed by atoms with Gasteiger partial charge in [-0.05, 0) is 45.0 Å². The highest BCUT2D eigenvalue weighted by atomic mass is 16.3. The molecule has 1 unspecified atom stereocenters. The molecule has 2 heterocycles. The Hall–Kier alpha value is -2.07. The molecule has 3 aromatic rings. The topological polar surface area (TPSA) is 57.0 Å². The Kier molecular flexibility index (Phi) is 3.55. The number of nitrogens with two attached hydrogens (primary N) is 1. The summed E-state index contributed by atoms with van der Waals surface area (Å²) in [5.41, 5.74) is 10.6. The molecule has 0 aliphatic rings. The van der Waals surface area contributed by atoms with Gasteiger partial charge in [0.25, 0.3) is 0 Å². The van der Waals surface area contributed by atoms with E-state index in [0.29, 0.717) is 0 Å². The van der Waals surface area contributed by atoms with Crippen LogP contribution in [0, 0.1) is 13.8 Å². The van der Waals surface area contributed by atoms with Gasteiger partial charge in [0.05, 0.1) is 11.7 Å². The molecule has 0 fully saturated rings. The van der Waals surface area contributed by atoms with Gasteiger partial charge < -0.3 is 10.2 Å². The number of furan rings is 1. The number of nitrogens with zero attached hydrogens (tertiary/aromatic N) is 2. The SMILES string of the molecule is CCn1nc(C)cc1CC(N)c1cc2cc(C)ccc2o1. The first-order valence-corrected chi connectivity index (χ1v) is 7.36. The number of aromatic nitrogens is 2. The molecular weight excluding hydrogens is 262 g/mol. The van der Waals surface area contributed by atoms with Gasteiger partial charge in [0.2, 0.25) is 0 Å². The number of benzene rings is 1. The lowest BCUT2D eigenvalue weighted by Gasteiger charge is -2.09. The van der Waals surface area contributed by atoms with Gasteiger partial charge in [0.15, 0.2) is 0 Å². The minimum Gasteiger partial charge on any atom is -0.459 e. The third-order valence-corrected chi connectivity index (χ3v) is 3.77. The van der Waals surface area contributed by atoms with Crippen molar-refractivity contribution in [2.75, 3.05) is 0 Å². The van der Waals surface area contributed by atoms with Crippen molar-refractivity contribution in [2.45, 2.75) is 39.8 Å². The fourth-order valence-corrected chi connectivity index (χ4v) is 2.73. The quantitative estimate of drug-likeness (QED) is 0.797. The molecule has 0 saturated heterocycles. The van der Waals surface area contributed by atoms with E-state index in [1.54, 1.807) is 0 Å². The Morgan fingerprint density at radius 1 is 1.24 bits per heavy atom. The number of hydrogen-bond acceptors (Lipinski definition) is 3. The van der Waals surface area contributed by atoms with Crippen molar-refractivity contribution in [3.05, 3.63) is 53.0 Å². The van der Waals surface area contributed by atoms with Crippen LogP contribution in [0.1, 0.15) is 35.7 Å². The van der Waals surface area contributed by atoms with E-state index < -0.39 is 0 Å². The van der Waals surface area contributed by atoms with E-state index >= 15 is 0 Å². The molecule has 2 N–H and O–H groups in total. The van der Waals surface area contributed by atoms with Crippen molar-refractivity contribution in [2.24, 2.45) is 5.73 Å². The van der Waals surface area contributed by atoms with Gasteiger partial charge in [-0.25, -0.2) is 0 Å². The zero-order chi connectivity index (χ0) is 15.0. The summed E-state index contributed by atoms with van der Waals surface area (Å²) in [5.74, 6) is 0.831. The predicted molar refractivity (Wildman–Crippen MR) is 84.2 cm³/mol. The maximum Gasteiger partial charge on any atom is 0.134 e. The molecule has 0 saturated carbocycles. The molecular formula is C17H21N3O. The summed E-state index contributed by atoms with van der Waals surface area (Å²) in [6.07, 6.45) is 0.730. The first-order chi connectivity index (χ1) is 10.1. The van der Waals surface area contributed by atoms with Crippen LogP contribution in [-0.4, -0.2) is 9.78 Å². The highest BCUT2D eigenvalue weighted by Gasteiger charge is 2.15. The lowest BCUT2D eigenvalue weighted by atomic mass is 10.1. The summed E-state index contributed by atoms with van der Waals surface area (Å²) < 4.78 is 7.88. The van der Waals surface area contributed by atoms with Gasteiger partial charge in [-0.15, -0.1) is 0 Å². The largest absolute Gasteiger partial charge is 0.459 e. The third kappa shape index (κ3) is 2.72. The average Bonchev–Trinajstić information content (AvgIpc) is 3.01. The summed E-state index contributed by atoms with van der Waals surface area (Å²) in [4.78, 5) is 0. The van der Waals surface area contributed by atoms with Crippen molar-refractivity contribution in [3.63, 3.8) is 0 Å². The van der Waals surface area contributed by atoms with Crippen LogP contribution in [0.25, 0.3) is 11.0 Å². The van der Waals surface area contributed by atoms with E-state index in [1.807, 2.05) is 23.7 Å². The van der Waals surface area contributed by atoms with Gasteiger partial charge in [-0.1, -0.05) is 11.6 Å². The van der Waals surface area contributed by atoms with Crippen molar-refractivity contribution < 1.29 is 4.42 Å². The highest BCUT2D eigenvalue weighted by Crippen LogP contribution is 2.25.